The highest BCUT2D eigenvalue weighted by molar-refractivity contribution is 5.18. The highest BCUT2D eigenvalue weighted by atomic mass is 19.4. The molecule has 0 amide bonds. The lowest BCUT2D eigenvalue weighted by Crippen LogP contribution is -2.46. The van der Waals surface area contributed by atoms with Gasteiger partial charge in [-0.15, -0.1) is 0 Å². The van der Waals surface area contributed by atoms with Crippen molar-refractivity contribution in [3.8, 4) is 0 Å². The van der Waals surface area contributed by atoms with E-state index < -0.39 is 12.7 Å². The minimum atomic E-state index is -4.09. The summed E-state index contributed by atoms with van der Waals surface area (Å²) in [7, 11) is 0. The van der Waals surface area contributed by atoms with E-state index in [0.29, 0.717) is 19.1 Å². The molecule has 2 rings (SSSR count). The molecule has 0 radical (unpaired) electrons. The Hall–Kier alpha value is -1.07. The topological polar surface area (TPSA) is 15.3 Å². The van der Waals surface area contributed by atoms with Crippen molar-refractivity contribution in [3.63, 3.8) is 0 Å². The number of nitrogens with zero attached hydrogens (tertiary/aromatic N) is 1. The quantitative estimate of drug-likeness (QED) is 0.913. The van der Waals surface area contributed by atoms with Gasteiger partial charge in [0.25, 0.3) is 0 Å². The van der Waals surface area contributed by atoms with E-state index in [-0.39, 0.29) is 6.04 Å². The first-order chi connectivity index (χ1) is 9.44. The summed E-state index contributed by atoms with van der Waals surface area (Å²) in [5.74, 6) is 0. The number of hydrogen-bond donors (Lipinski definition) is 1. The SMILES string of the molecule is C[C@H](NC1CCN(CC(F)(F)F)CC1)c1ccccc1. The van der Waals surface area contributed by atoms with Crippen LogP contribution in [0, 0.1) is 0 Å². The van der Waals surface area contributed by atoms with Crippen LogP contribution in [-0.2, 0) is 0 Å². The zero-order valence-corrected chi connectivity index (χ0v) is 11.7. The van der Waals surface area contributed by atoms with Crippen molar-refractivity contribution in [3.05, 3.63) is 35.9 Å². The summed E-state index contributed by atoms with van der Waals surface area (Å²) in [6, 6.07) is 10.6. The molecule has 1 aliphatic heterocycles. The third kappa shape index (κ3) is 4.80. The molecule has 0 saturated carbocycles. The van der Waals surface area contributed by atoms with Gasteiger partial charge in [0, 0.05) is 12.1 Å². The van der Waals surface area contributed by atoms with Gasteiger partial charge in [0.05, 0.1) is 6.54 Å². The van der Waals surface area contributed by atoms with Crippen molar-refractivity contribution in [1.82, 2.24) is 10.2 Å². The summed E-state index contributed by atoms with van der Waals surface area (Å²) in [6.45, 7) is 2.34. The van der Waals surface area contributed by atoms with Crippen LogP contribution in [0.25, 0.3) is 0 Å². The van der Waals surface area contributed by atoms with Crippen LogP contribution >= 0.6 is 0 Å². The van der Waals surface area contributed by atoms with Crippen LogP contribution in [0.1, 0.15) is 31.4 Å². The first-order valence-electron chi connectivity index (χ1n) is 7.04. The lowest BCUT2D eigenvalue weighted by molar-refractivity contribution is -0.148. The van der Waals surface area contributed by atoms with Crippen LogP contribution in [0.2, 0.25) is 0 Å². The summed E-state index contributed by atoms with van der Waals surface area (Å²) < 4.78 is 36.9. The van der Waals surface area contributed by atoms with Gasteiger partial charge >= 0.3 is 6.18 Å². The maximum Gasteiger partial charge on any atom is 0.401 e. The van der Waals surface area contributed by atoms with Crippen LogP contribution in [0.5, 0.6) is 0 Å². The van der Waals surface area contributed by atoms with E-state index in [1.807, 2.05) is 18.2 Å². The first-order valence-corrected chi connectivity index (χ1v) is 7.04. The molecule has 1 heterocycles. The molecule has 0 bridgehead atoms. The van der Waals surface area contributed by atoms with Gasteiger partial charge in [-0.1, -0.05) is 30.3 Å². The Labute approximate surface area is 118 Å². The molecule has 0 spiro atoms. The number of benzene rings is 1. The number of alkyl halides is 3. The molecular formula is C15H21F3N2. The standard InChI is InChI=1S/C15H21F3N2/c1-12(13-5-3-2-4-6-13)19-14-7-9-20(10-8-14)11-15(16,17)18/h2-6,12,14,19H,7-11H2,1H3/t12-/m0/s1. The van der Waals surface area contributed by atoms with E-state index in [2.05, 4.69) is 24.4 Å². The van der Waals surface area contributed by atoms with Gasteiger partial charge in [-0.2, -0.15) is 13.2 Å². The molecule has 1 aliphatic rings. The van der Waals surface area contributed by atoms with Crippen molar-refractivity contribution < 1.29 is 13.2 Å². The average molecular weight is 286 g/mol. The van der Waals surface area contributed by atoms with Gasteiger partial charge in [0.2, 0.25) is 0 Å². The molecule has 1 saturated heterocycles. The Bertz CT molecular complexity index is 397. The van der Waals surface area contributed by atoms with Gasteiger partial charge in [0.1, 0.15) is 0 Å². The van der Waals surface area contributed by atoms with Crippen molar-refractivity contribution in [1.29, 1.82) is 0 Å². The Morgan fingerprint density at radius 2 is 1.80 bits per heavy atom. The van der Waals surface area contributed by atoms with Gasteiger partial charge in [-0.05, 0) is 38.4 Å². The molecule has 20 heavy (non-hydrogen) atoms. The zero-order chi connectivity index (χ0) is 14.6. The Balaban J connectivity index is 1.77. The number of rotatable bonds is 4. The molecule has 1 aromatic carbocycles. The third-order valence-electron chi connectivity index (χ3n) is 3.78. The number of halogens is 3. The van der Waals surface area contributed by atoms with Crippen molar-refractivity contribution in [2.24, 2.45) is 0 Å². The average Bonchev–Trinajstić information content (AvgIpc) is 2.40. The molecule has 0 aliphatic carbocycles. The van der Waals surface area contributed by atoms with Gasteiger partial charge in [-0.3, -0.25) is 4.90 Å². The zero-order valence-electron chi connectivity index (χ0n) is 11.7. The summed E-state index contributed by atoms with van der Waals surface area (Å²) >= 11 is 0. The van der Waals surface area contributed by atoms with E-state index in [1.54, 1.807) is 0 Å². The molecule has 1 fully saturated rings. The normalized spacial score (nSPS) is 20.0. The van der Waals surface area contributed by atoms with Crippen LogP contribution in [-0.4, -0.2) is 36.8 Å². The number of hydrogen-bond acceptors (Lipinski definition) is 2. The highest BCUT2D eigenvalue weighted by Crippen LogP contribution is 2.21. The fourth-order valence-corrected chi connectivity index (χ4v) is 2.70. The number of likely N-dealkylation sites (tertiary alicyclic amines) is 1. The van der Waals surface area contributed by atoms with Gasteiger partial charge in [0.15, 0.2) is 0 Å². The predicted octanol–water partition coefficient (Wildman–Crippen LogP) is 3.36. The van der Waals surface area contributed by atoms with Crippen LogP contribution in [0.3, 0.4) is 0 Å². The molecule has 2 nitrogen and oxygen atoms in total. The fourth-order valence-electron chi connectivity index (χ4n) is 2.70. The maximum atomic E-state index is 12.3. The minimum Gasteiger partial charge on any atom is -0.307 e. The second-order valence-corrected chi connectivity index (χ2v) is 5.46. The molecular weight excluding hydrogens is 265 g/mol. The Morgan fingerprint density at radius 3 is 2.35 bits per heavy atom. The molecule has 5 heteroatoms. The second-order valence-electron chi connectivity index (χ2n) is 5.46. The van der Waals surface area contributed by atoms with E-state index in [9.17, 15) is 13.2 Å². The molecule has 0 unspecified atom stereocenters. The van der Waals surface area contributed by atoms with Crippen molar-refractivity contribution in [2.75, 3.05) is 19.6 Å². The van der Waals surface area contributed by atoms with Gasteiger partial charge in [-0.25, -0.2) is 0 Å². The first kappa shape index (κ1) is 15.3. The summed E-state index contributed by atoms with van der Waals surface area (Å²) in [4.78, 5) is 1.49. The molecule has 0 aromatic heterocycles. The van der Waals surface area contributed by atoms with Crippen LogP contribution in [0.15, 0.2) is 30.3 Å². The highest BCUT2D eigenvalue weighted by Gasteiger charge is 2.32. The lowest BCUT2D eigenvalue weighted by atomic mass is 10.0. The fraction of sp³-hybridized carbons (Fsp3) is 0.600. The third-order valence-corrected chi connectivity index (χ3v) is 3.78. The van der Waals surface area contributed by atoms with Crippen molar-refractivity contribution >= 4 is 0 Å². The largest absolute Gasteiger partial charge is 0.401 e. The number of nitrogens with one attached hydrogen (secondary N) is 1. The maximum absolute atomic E-state index is 12.3. The summed E-state index contributed by atoms with van der Waals surface area (Å²) in [5.41, 5.74) is 1.21. The van der Waals surface area contributed by atoms with E-state index in [0.717, 1.165) is 12.8 Å². The van der Waals surface area contributed by atoms with E-state index in [1.165, 1.54) is 10.5 Å². The lowest BCUT2D eigenvalue weighted by Gasteiger charge is -2.34. The molecule has 112 valence electrons. The molecule has 1 N–H and O–H groups in total. The summed E-state index contributed by atoms with van der Waals surface area (Å²) in [6.07, 6.45) is -2.54. The minimum absolute atomic E-state index is 0.232. The monoisotopic (exact) mass is 286 g/mol. The van der Waals surface area contributed by atoms with Crippen LogP contribution in [0.4, 0.5) is 13.2 Å². The van der Waals surface area contributed by atoms with E-state index in [4.69, 9.17) is 0 Å². The summed E-state index contributed by atoms with van der Waals surface area (Å²) in [5, 5.41) is 3.51. The van der Waals surface area contributed by atoms with E-state index >= 15 is 0 Å². The van der Waals surface area contributed by atoms with Crippen molar-refractivity contribution in [2.45, 2.75) is 38.0 Å². The number of piperidine rings is 1. The molecule has 1 aromatic rings. The molecule has 1 atom stereocenters. The smallest absolute Gasteiger partial charge is 0.307 e. The Kier molecular flexibility index (Phi) is 5.05. The van der Waals surface area contributed by atoms with Crippen LogP contribution < -0.4 is 5.32 Å². The second kappa shape index (κ2) is 6.59. The predicted molar refractivity (Wildman–Crippen MR) is 73.5 cm³/mol. The van der Waals surface area contributed by atoms with Gasteiger partial charge < -0.3 is 5.32 Å². The Morgan fingerprint density at radius 1 is 1.20 bits per heavy atom.